The van der Waals surface area contributed by atoms with Gasteiger partial charge in [0.05, 0.1) is 0 Å². The van der Waals surface area contributed by atoms with E-state index in [0.717, 1.165) is 41.3 Å². The lowest BCUT2D eigenvalue weighted by Crippen LogP contribution is -2.43. The van der Waals surface area contributed by atoms with Crippen molar-refractivity contribution in [1.29, 1.82) is 0 Å². The summed E-state index contributed by atoms with van der Waals surface area (Å²) in [4.78, 5) is 34.0. The summed E-state index contributed by atoms with van der Waals surface area (Å²) in [6.07, 6.45) is 9.25. The molecule has 2 amide bonds. The molecule has 3 aromatic carbocycles. The Morgan fingerprint density at radius 1 is 0.756 bits per heavy atom. The molecule has 0 spiro atoms. The number of para-hydroxylation sites is 1. The van der Waals surface area contributed by atoms with Crippen molar-refractivity contribution >= 4 is 22.7 Å². The van der Waals surface area contributed by atoms with Gasteiger partial charge in [-0.2, -0.15) is 0 Å². The summed E-state index contributed by atoms with van der Waals surface area (Å²) in [6.45, 7) is 5.55. The minimum absolute atomic E-state index is 0.000518. The van der Waals surface area contributed by atoms with E-state index in [1.54, 1.807) is 21.9 Å². The Kier molecular flexibility index (Phi) is 11.1. The molecule has 41 heavy (non-hydrogen) atoms. The molecule has 0 atom stereocenters. The highest BCUT2D eigenvalue weighted by molar-refractivity contribution is 5.96. The summed E-state index contributed by atoms with van der Waals surface area (Å²) in [5.41, 5.74) is 4.88. The van der Waals surface area contributed by atoms with Crippen LogP contribution in [-0.2, 0) is 24.2 Å². The zero-order chi connectivity index (χ0) is 29.0. The fourth-order valence-electron chi connectivity index (χ4n) is 5.23. The zero-order valence-corrected chi connectivity index (χ0v) is 24.4. The fraction of sp³-hybridized carbons (Fsp3) is 0.371. The first-order valence-electron chi connectivity index (χ1n) is 14.9. The highest BCUT2D eigenvalue weighted by Crippen LogP contribution is 2.19. The minimum Gasteiger partial charge on any atom is -0.361 e. The van der Waals surface area contributed by atoms with Gasteiger partial charge in [-0.3, -0.25) is 9.59 Å². The number of nitrogens with one attached hydrogen (secondary N) is 1. The molecule has 1 N–H and O–H groups in total. The van der Waals surface area contributed by atoms with Crippen LogP contribution in [0.25, 0.3) is 10.9 Å². The first kappa shape index (κ1) is 30.0. The van der Waals surface area contributed by atoms with Gasteiger partial charge in [-0.05, 0) is 72.7 Å². The highest BCUT2D eigenvalue weighted by Gasteiger charge is 2.22. The number of H-pyrrole nitrogens is 1. The van der Waals surface area contributed by atoms with Crippen LogP contribution in [0, 0.1) is 5.82 Å². The lowest BCUT2D eigenvalue weighted by molar-refractivity contribution is -0.132. The molecule has 4 aromatic rings. The number of unbranched alkanes of at least 4 members (excludes halogenated alkanes) is 3. The standard InChI is InChI=1S/C35H42FN3O2/c1-3-5-6-7-10-27-13-17-29(18-14-27)35(41)39(22-4-2)26-34(40)38(25-28-15-19-31(36)20-16-28)23-21-30-24-37-33-12-9-8-11-32(30)33/h8-9,11-20,24,37H,3-7,10,21-23,25-26H2,1-2H3. The number of carbonyl (C=O) groups excluding carboxylic acids is 2. The Balaban J connectivity index is 1.46. The normalized spacial score (nSPS) is 11.1. The van der Waals surface area contributed by atoms with E-state index in [0.29, 0.717) is 31.6 Å². The maximum Gasteiger partial charge on any atom is 0.254 e. The molecule has 1 aromatic heterocycles. The number of carbonyl (C=O) groups is 2. The number of hydrogen-bond donors (Lipinski definition) is 1. The van der Waals surface area contributed by atoms with Gasteiger partial charge in [0.15, 0.2) is 0 Å². The van der Waals surface area contributed by atoms with Gasteiger partial charge < -0.3 is 14.8 Å². The second kappa shape index (κ2) is 15.2. The first-order valence-corrected chi connectivity index (χ1v) is 14.9. The molecule has 216 valence electrons. The number of aromatic amines is 1. The Labute approximate surface area is 243 Å². The molecule has 0 radical (unpaired) electrons. The Morgan fingerprint density at radius 2 is 1.49 bits per heavy atom. The number of halogens is 1. The van der Waals surface area contributed by atoms with Gasteiger partial charge in [-0.25, -0.2) is 4.39 Å². The van der Waals surface area contributed by atoms with E-state index in [1.165, 1.54) is 37.0 Å². The predicted molar refractivity (Wildman–Crippen MR) is 164 cm³/mol. The van der Waals surface area contributed by atoms with Gasteiger partial charge in [-0.1, -0.05) is 75.6 Å². The van der Waals surface area contributed by atoms with Crippen LogP contribution >= 0.6 is 0 Å². The number of rotatable bonds is 15. The van der Waals surface area contributed by atoms with Crippen molar-refractivity contribution in [2.45, 2.75) is 65.3 Å². The van der Waals surface area contributed by atoms with Gasteiger partial charge >= 0.3 is 0 Å². The third kappa shape index (κ3) is 8.53. The molecule has 6 heteroatoms. The second-order valence-electron chi connectivity index (χ2n) is 10.8. The van der Waals surface area contributed by atoms with E-state index in [9.17, 15) is 14.0 Å². The summed E-state index contributed by atoms with van der Waals surface area (Å²) in [6, 6.07) is 22.2. The number of amides is 2. The van der Waals surface area contributed by atoms with Crippen LogP contribution in [0.15, 0.2) is 79.0 Å². The predicted octanol–water partition coefficient (Wildman–Crippen LogP) is 7.55. The maximum atomic E-state index is 13.7. The van der Waals surface area contributed by atoms with Crippen molar-refractivity contribution in [2.24, 2.45) is 0 Å². The number of nitrogens with zero attached hydrogens (tertiary/aromatic N) is 2. The summed E-state index contributed by atoms with van der Waals surface area (Å²) >= 11 is 0. The lowest BCUT2D eigenvalue weighted by Gasteiger charge is -2.28. The summed E-state index contributed by atoms with van der Waals surface area (Å²) in [5, 5.41) is 1.14. The van der Waals surface area contributed by atoms with E-state index < -0.39 is 0 Å². The lowest BCUT2D eigenvalue weighted by atomic mass is 10.0. The van der Waals surface area contributed by atoms with Crippen molar-refractivity contribution in [3.05, 3.63) is 107 Å². The maximum absolute atomic E-state index is 13.7. The van der Waals surface area contributed by atoms with Crippen molar-refractivity contribution in [2.75, 3.05) is 19.6 Å². The molecule has 0 unspecified atom stereocenters. The fourth-order valence-corrected chi connectivity index (χ4v) is 5.23. The minimum atomic E-state index is -0.308. The van der Waals surface area contributed by atoms with E-state index in [-0.39, 0.29) is 24.2 Å². The van der Waals surface area contributed by atoms with Crippen molar-refractivity contribution in [1.82, 2.24) is 14.8 Å². The van der Waals surface area contributed by atoms with E-state index in [1.807, 2.05) is 55.6 Å². The van der Waals surface area contributed by atoms with Crippen LogP contribution in [0.2, 0.25) is 0 Å². The van der Waals surface area contributed by atoms with E-state index in [2.05, 4.69) is 18.0 Å². The Morgan fingerprint density at radius 3 is 2.22 bits per heavy atom. The van der Waals surface area contributed by atoms with Crippen LogP contribution in [0.1, 0.15) is 73.0 Å². The summed E-state index contributed by atoms with van der Waals surface area (Å²) < 4.78 is 13.6. The molecule has 0 aliphatic carbocycles. The van der Waals surface area contributed by atoms with Crippen molar-refractivity contribution < 1.29 is 14.0 Å². The molecular formula is C35H42FN3O2. The van der Waals surface area contributed by atoms with Crippen LogP contribution < -0.4 is 0 Å². The van der Waals surface area contributed by atoms with Crippen LogP contribution in [0.5, 0.6) is 0 Å². The third-order valence-corrected chi connectivity index (χ3v) is 7.59. The topological polar surface area (TPSA) is 56.4 Å². The van der Waals surface area contributed by atoms with E-state index in [4.69, 9.17) is 0 Å². The molecule has 0 aliphatic heterocycles. The monoisotopic (exact) mass is 555 g/mol. The second-order valence-corrected chi connectivity index (χ2v) is 10.8. The van der Waals surface area contributed by atoms with Crippen molar-refractivity contribution in [3.8, 4) is 0 Å². The quantitative estimate of drug-likeness (QED) is 0.154. The molecular weight excluding hydrogens is 513 g/mol. The van der Waals surface area contributed by atoms with Gasteiger partial charge in [0.1, 0.15) is 12.4 Å². The number of fused-ring (bicyclic) bond motifs is 1. The molecule has 0 saturated heterocycles. The average molecular weight is 556 g/mol. The van der Waals surface area contributed by atoms with Gasteiger partial charge in [-0.15, -0.1) is 0 Å². The highest BCUT2D eigenvalue weighted by atomic mass is 19.1. The molecule has 0 saturated carbocycles. The van der Waals surface area contributed by atoms with E-state index >= 15 is 0 Å². The number of aryl methyl sites for hydroxylation is 1. The van der Waals surface area contributed by atoms with Crippen molar-refractivity contribution in [3.63, 3.8) is 0 Å². The van der Waals surface area contributed by atoms with Gasteiger partial charge in [0, 0.05) is 42.3 Å². The molecule has 0 aliphatic rings. The number of benzene rings is 3. The average Bonchev–Trinajstić information content (AvgIpc) is 3.41. The largest absolute Gasteiger partial charge is 0.361 e. The van der Waals surface area contributed by atoms with Crippen LogP contribution in [0.4, 0.5) is 4.39 Å². The summed E-state index contributed by atoms with van der Waals surface area (Å²) in [7, 11) is 0. The SMILES string of the molecule is CCCCCCc1ccc(C(=O)N(CCC)CC(=O)N(CCc2c[nH]c3ccccc23)Cc2ccc(F)cc2)cc1. The van der Waals surface area contributed by atoms with Gasteiger partial charge in [0.2, 0.25) is 5.91 Å². The van der Waals surface area contributed by atoms with Crippen LogP contribution in [-0.4, -0.2) is 46.2 Å². The smallest absolute Gasteiger partial charge is 0.254 e. The molecule has 5 nitrogen and oxygen atoms in total. The zero-order valence-electron chi connectivity index (χ0n) is 24.4. The molecule has 1 heterocycles. The van der Waals surface area contributed by atoms with Gasteiger partial charge in [0.25, 0.3) is 5.91 Å². The molecule has 4 rings (SSSR count). The molecule has 0 bridgehead atoms. The number of hydrogen-bond acceptors (Lipinski definition) is 2. The Bertz CT molecular complexity index is 1400. The molecule has 0 fully saturated rings. The third-order valence-electron chi connectivity index (χ3n) is 7.59. The first-order chi connectivity index (χ1) is 20.0. The summed E-state index contributed by atoms with van der Waals surface area (Å²) in [5.74, 6) is -0.559. The number of aromatic nitrogens is 1. The Hall–Kier alpha value is -3.93. The van der Waals surface area contributed by atoms with Crippen LogP contribution in [0.3, 0.4) is 0 Å².